The molecule has 0 amide bonds. The number of rotatable bonds is 3. The molecule has 0 N–H and O–H groups in total. The molecule has 1 aromatic carbocycles. The number of pyridine rings is 1. The molecule has 1 heterocycles. The molecule has 0 spiro atoms. The summed E-state index contributed by atoms with van der Waals surface area (Å²) in [5.41, 5.74) is 3.66. The van der Waals surface area contributed by atoms with Gasteiger partial charge in [0, 0.05) is 11.8 Å². The first kappa shape index (κ1) is 15.2. The maximum absolute atomic E-state index is 14.5. The average molecular weight is 297 g/mol. The lowest BCUT2D eigenvalue weighted by Crippen LogP contribution is -2.11. The van der Waals surface area contributed by atoms with Gasteiger partial charge in [-0.25, -0.2) is 4.39 Å². The summed E-state index contributed by atoms with van der Waals surface area (Å²) < 4.78 is 14.5. The van der Waals surface area contributed by atoms with E-state index in [9.17, 15) is 4.39 Å². The summed E-state index contributed by atoms with van der Waals surface area (Å²) in [6.45, 7) is 4.41. The van der Waals surface area contributed by atoms with Gasteiger partial charge in [0.15, 0.2) is 0 Å². The zero-order valence-electron chi connectivity index (χ0n) is 13.5. The van der Waals surface area contributed by atoms with Crippen LogP contribution in [-0.4, -0.2) is 4.98 Å². The molecule has 0 aliphatic heterocycles. The molecule has 2 heteroatoms. The predicted octanol–water partition coefficient (Wildman–Crippen LogP) is 5.74. The van der Waals surface area contributed by atoms with Gasteiger partial charge in [-0.15, -0.1) is 0 Å². The highest BCUT2D eigenvalue weighted by molar-refractivity contribution is 5.60. The zero-order chi connectivity index (χ0) is 15.5. The third-order valence-electron chi connectivity index (χ3n) is 4.99. The van der Waals surface area contributed by atoms with Crippen LogP contribution >= 0.6 is 0 Å². The summed E-state index contributed by atoms with van der Waals surface area (Å²) >= 11 is 0. The smallest absolute Gasteiger partial charge is 0.132 e. The Morgan fingerprint density at radius 2 is 1.86 bits per heavy atom. The van der Waals surface area contributed by atoms with Crippen LogP contribution in [0.1, 0.15) is 56.6 Å². The van der Waals surface area contributed by atoms with Crippen molar-refractivity contribution in [1.82, 2.24) is 4.98 Å². The number of aromatic nitrogens is 1. The molecule has 1 fully saturated rings. The van der Waals surface area contributed by atoms with E-state index in [2.05, 4.69) is 24.9 Å². The largest absolute Gasteiger partial charge is 0.256 e. The molecule has 1 saturated carbocycles. The molecule has 0 bridgehead atoms. The van der Waals surface area contributed by atoms with Gasteiger partial charge >= 0.3 is 0 Å². The summed E-state index contributed by atoms with van der Waals surface area (Å²) in [6.07, 6.45) is 7.68. The Labute approximate surface area is 132 Å². The van der Waals surface area contributed by atoms with Crippen LogP contribution in [-0.2, 0) is 6.42 Å². The van der Waals surface area contributed by atoms with Gasteiger partial charge in [0.25, 0.3) is 0 Å². The highest BCUT2D eigenvalue weighted by atomic mass is 19.1. The Hall–Kier alpha value is -1.70. The van der Waals surface area contributed by atoms with Gasteiger partial charge < -0.3 is 0 Å². The molecule has 1 nitrogen and oxygen atoms in total. The van der Waals surface area contributed by atoms with Crippen molar-refractivity contribution in [2.45, 2.75) is 51.9 Å². The molecule has 0 saturated heterocycles. The summed E-state index contributed by atoms with van der Waals surface area (Å²) in [7, 11) is 0. The molecular formula is C20H24FN. The minimum absolute atomic E-state index is 0.145. The normalized spacial score (nSPS) is 21.8. The van der Waals surface area contributed by atoms with Crippen LogP contribution in [0, 0.1) is 11.7 Å². The lowest BCUT2D eigenvalue weighted by Gasteiger charge is -2.26. The number of nitrogens with zero attached hydrogens (tertiary/aromatic N) is 1. The molecule has 116 valence electrons. The minimum atomic E-state index is -0.145. The van der Waals surface area contributed by atoms with Gasteiger partial charge in [-0.1, -0.05) is 38.8 Å². The Morgan fingerprint density at radius 3 is 2.45 bits per heavy atom. The topological polar surface area (TPSA) is 12.9 Å². The molecule has 1 aliphatic rings. The van der Waals surface area contributed by atoms with E-state index < -0.39 is 0 Å². The van der Waals surface area contributed by atoms with E-state index in [0.717, 1.165) is 23.6 Å². The second-order valence-electron chi connectivity index (χ2n) is 6.60. The van der Waals surface area contributed by atoms with Crippen molar-refractivity contribution >= 4 is 0 Å². The maximum Gasteiger partial charge on any atom is 0.132 e. The zero-order valence-corrected chi connectivity index (χ0v) is 13.5. The first-order chi connectivity index (χ1) is 10.7. The van der Waals surface area contributed by atoms with E-state index in [0.29, 0.717) is 11.5 Å². The van der Waals surface area contributed by atoms with Crippen LogP contribution in [0.3, 0.4) is 0 Å². The lowest BCUT2D eigenvalue weighted by atomic mass is 9.79. The Kier molecular flexibility index (Phi) is 4.56. The second-order valence-corrected chi connectivity index (χ2v) is 6.60. The van der Waals surface area contributed by atoms with Crippen LogP contribution in [0.5, 0.6) is 0 Å². The number of aryl methyl sites for hydroxylation is 1. The van der Waals surface area contributed by atoms with E-state index in [-0.39, 0.29) is 5.82 Å². The van der Waals surface area contributed by atoms with Crippen molar-refractivity contribution < 1.29 is 4.39 Å². The van der Waals surface area contributed by atoms with Gasteiger partial charge in [0.1, 0.15) is 5.82 Å². The van der Waals surface area contributed by atoms with Crippen molar-refractivity contribution in [3.8, 4) is 11.3 Å². The van der Waals surface area contributed by atoms with Gasteiger partial charge in [0.2, 0.25) is 0 Å². The monoisotopic (exact) mass is 297 g/mol. The van der Waals surface area contributed by atoms with E-state index >= 15 is 0 Å². The second kappa shape index (κ2) is 6.60. The molecule has 2 aromatic rings. The van der Waals surface area contributed by atoms with Crippen LogP contribution < -0.4 is 0 Å². The van der Waals surface area contributed by atoms with Gasteiger partial charge in [-0.3, -0.25) is 4.98 Å². The van der Waals surface area contributed by atoms with Gasteiger partial charge in [0.05, 0.1) is 5.69 Å². The molecule has 0 unspecified atom stereocenters. The maximum atomic E-state index is 14.5. The molecule has 1 aromatic heterocycles. The molecule has 1 aliphatic carbocycles. The Balaban J connectivity index is 1.82. The van der Waals surface area contributed by atoms with Crippen molar-refractivity contribution in [3.05, 3.63) is 53.5 Å². The van der Waals surface area contributed by atoms with Crippen molar-refractivity contribution in [2.75, 3.05) is 0 Å². The van der Waals surface area contributed by atoms with Crippen molar-refractivity contribution in [2.24, 2.45) is 5.92 Å². The number of halogens is 1. The van der Waals surface area contributed by atoms with Gasteiger partial charge in [-0.2, -0.15) is 0 Å². The minimum Gasteiger partial charge on any atom is -0.256 e. The SMILES string of the molecule is CCc1ccc(-c2ccc(C3CCC(C)CC3)cc2F)nc1. The fraction of sp³-hybridized carbons (Fsp3) is 0.450. The van der Waals surface area contributed by atoms with Gasteiger partial charge in [-0.05, 0) is 60.4 Å². The fourth-order valence-electron chi connectivity index (χ4n) is 3.38. The summed E-state index contributed by atoms with van der Waals surface area (Å²) in [4.78, 5) is 4.39. The third-order valence-corrected chi connectivity index (χ3v) is 4.99. The Morgan fingerprint density at radius 1 is 1.09 bits per heavy atom. The fourth-order valence-corrected chi connectivity index (χ4v) is 3.38. The van der Waals surface area contributed by atoms with Crippen LogP contribution in [0.4, 0.5) is 4.39 Å². The summed E-state index contributed by atoms with van der Waals surface area (Å²) in [5, 5.41) is 0. The highest BCUT2D eigenvalue weighted by Crippen LogP contribution is 2.36. The van der Waals surface area contributed by atoms with Crippen molar-refractivity contribution in [1.29, 1.82) is 0 Å². The first-order valence-corrected chi connectivity index (χ1v) is 8.42. The average Bonchev–Trinajstić information content (AvgIpc) is 2.56. The quantitative estimate of drug-likeness (QED) is 0.703. The van der Waals surface area contributed by atoms with E-state index in [1.165, 1.54) is 31.2 Å². The van der Waals surface area contributed by atoms with E-state index in [4.69, 9.17) is 0 Å². The summed E-state index contributed by atoms with van der Waals surface area (Å²) in [6, 6.07) is 9.66. The van der Waals surface area contributed by atoms with Crippen LogP contribution in [0.2, 0.25) is 0 Å². The molecule has 0 radical (unpaired) electrons. The molecule has 22 heavy (non-hydrogen) atoms. The number of benzene rings is 1. The lowest BCUT2D eigenvalue weighted by molar-refractivity contribution is 0.347. The van der Waals surface area contributed by atoms with Crippen molar-refractivity contribution in [3.63, 3.8) is 0 Å². The third kappa shape index (κ3) is 3.21. The van der Waals surface area contributed by atoms with Crippen LogP contribution in [0.25, 0.3) is 11.3 Å². The summed E-state index contributed by atoms with van der Waals surface area (Å²) in [5.74, 6) is 1.20. The standard InChI is InChI=1S/C20H24FN/c1-3-15-6-11-20(22-13-15)18-10-9-17(12-19(18)21)16-7-4-14(2)5-8-16/h6,9-14,16H,3-5,7-8H2,1-2H3. The van der Waals surface area contributed by atoms with E-state index in [1.807, 2.05) is 24.4 Å². The number of hydrogen-bond donors (Lipinski definition) is 0. The number of hydrogen-bond acceptors (Lipinski definition) is 1. The van der Waals surface area contributed by atoms with Crippen LogP contribution in [0.15, 0.2) is 36.5 Å². The molecule has 0 atom stereocenters. The molecular weight excluding hydrogens is 273 g/mol. The highest BCUT2D eigenvalue weighted by Gasteiger charge is 2.20. The first-order valence-electron chi connectivity index (χ1n) is 8.42. The predicted molar refractivity (Wildman–Crippen MR) is 89.4 cm³/mol. The molecule has 3 rings (SSSR count). The van der Waals surface area contributed by atoms with E-state index in [1.54, 1.807) is 6.07 Å². The Bertz CT molecular complexity index is 625.